The number of rotatable bonds is 5. The molecule has 1 spiro atoms. The number of hydrogen-bond acceptors (Lipinski definition) is 6. The first-order valence-corrected chi connectivity index (χ1v) is 15.1. The quantitative estimate of drug-likeness (QED) is 0.193. The van der Waals surface area contributed by atoms with Gasteiger partial charge in [0, 0.05) is 37.0 Å². The number of piperidine rings is 1. The molecule has 1 aromatic carbocycles. The highest BCUT2D eigenvalue weighted by Gasteiger charge is 2.69. The number of hydrogen-bond donors (Lipinski definition) is 1. The van der Waals surface area contributed by atoms with E-state index >= 15 is 0 Å². The van der Waals surface area contributed by atoms with Gasteiger partial charge in [-0.25, -0.2) is 9.78 Å². The summed E-state index contributed by atoms with van der Waals surface area (Å²) in [5.41, 5.74) is -0.972. The zero-order valence-electron chi connectivity index (χ0n) is 24.1. The van der Waals surface area contributed by atoms with Crippen molar-refractivity contribution < 1.29 is 37.2 Å². The van der Waals surface area contributed by atoms with Crippen LogP contribution < -0.4 is 5.32 Å². The van der Waals surface area contributed by atoms with Gasteiger partial charge in [0.25, 0.3) is 0 Å². The largest absolute Gasteiger partial charge is 0.416 e. The number of nitrogens with zero attached hydrogens (tertiary/aromatic N) is 2. The zero-order valence-corrected chi connectivity index (χ0v) is 24.1. The van der Waals surface area contributed by atoms with Crippen LogP contribution in [0.5, 0.6) is 0 Å². The lowest BCUT2D eigenvalue weighted by molar-refractivity contribution is -0.577. The molecule has 1 saturated carbocycles. The van der Waals surface area contributed by atoms with E-state index in [0.29, 0.717) is 30.7 Å². The Morgan fingerprint density at radius 3 is 2.68 bits per heavy atom. The summed E-state index contributed by atoms with van der Waals surface area (Å²) in [6, 6.07) is 5.23. The van der Waals surface area contributed by atoms with Crippen LogP contribution in [-0.4, -0.2) is 61.1 Å². The number of likely N-dealkylation sites (tertiary alicyclic amines) is 1. The topological polar surface area (TPSA) is 73.8 Å². The van der Waals surface area contributed by atoms with Crippen LogP contribution in [0.15, 0.2) is 29.3 Å². The average Bonchev–Trinajstić information content (AvgIpc) is 3.19. The molecule has 8 atom stereocenters. The molecule has 0 unspecified atom stereocenters. The Hall–Kier alpha value is -1.92. The van der Waals surface area contributed by atoms with E-state index in [9.17, 15) is 13.2 Å². The molecule has 6 aliphatic rings. The van der Waals surface area contributed by atoms with E-state index in [0.717, 1.165) is 70.2 Å². The first-order chi connectivity index (χ1) is 19.6. The molecule has 5 heterocycles. The van der Waals surface area contributed by atoms with Gasteiger partial charge in [0.1, 0.15) is 0 Å². The predicted molar refractivity (Wildman–Crippen MR) is 146 cm³/mol. The Kier molecular flexibility index (Phi) is 8.04. The number of anilines is 1. The second-order valence-electron chi connectivity index (χ2n) is 12.6. The normalized spacial score (nSPS) is 39.3. The van der Waals surface area contributed by atoms with E-state index in [1.165, 1.54) is 6.07 Å². The molecule has 0 amide bonds. The smallest absolute Gasteiger partial charge is 0.350 e. The molecule has 5 saturated heterocycles. The van der Waals surface area contributed by atoms with Crippen LogP contribution in [-0.2, 0) is 30.2 Å². The van der Waals surface area contributed by atoms with E-state index in [1.54, 1.807) is 6.07 Å². The minimum Gasteiger partial charge on any atom is -0.350 e. The molecular formula is C30H42F3N3O5. The Morgan fingerprint density at radius 1 is 1.10 bits per heavy atom. The van der Waals surface area contributed by atoms with Crippen molar-refractivity contribution in [1.82, 2.24) is 4.90 Å². The van der Waals surface area contributed by atoms with Crippen molar-refractivity contribution in [1.29, 1.82) is 0 Å². The van der Waals surface area contributed by atoms with Gasteiger partial charge in [-0.05, 0) is 75.5 Å². The maximum Gasteiger partial charge on any atom is 0.416 e. The van der Waals surface area contributed by atoms with Gasteiger partial charge in [0.05, 0.1) is 18.7 Å². The number of halogens is 3. The second kappa shape index (κ2) is 11.3. The molecule has 0 aromatic heterocycles. The maximum absolute atomic E-state index is 13.3. The number of benzene rings is 1. The fourth-order valence-corrected chi connectivity index (χ4v) is 7.61. The summed E-state index contributed by atoms with van der Waals surface area (Å²) < 4.78 is 59.1. The van der Waals surface area contributed by atoms with Crippen molar-refractivity contribution in [2.75, 3.05) is 31.6 Å². The van der Waals surface area contributed by atoms with Crippen molar-refractivity contribution >= 4 is 11.6 Å². The van der Waals surface area contributed by atoms with Gasteiger partial charge in [-0.3, -0.25) is 4.99 Å². The molecular weight excluding hydrogens is 539 g/mol. The second-order valence-corrected chi connectivity index (χ2v) is 12.6. The van der Waals surface area contributed by atoms with Crippen LogP contribution in [0.2, 0.25) is 0 Å². The minimum atomic E-state index is -4.41. The van der Waals surface area contributed by atoms with Gasteiger partial charge in [-0.2, -0.15) is 13.2 Å². The first-order valence-electron chi connectivity index (χ1n) is 15.1. The Labute approximate surface area is 239 Å². The highest BCUT2D eigenvalue weighted by atomic mass is 19.4. The van der Waals surface area contributed by atoms with Crippen LogP contribution in [0.3, 0.4) is 0 Å². The van der Waals surface area contributed by atoms with E-state index in [-0.39, 0.29) is 17.8 Å². The summed E-state index contributed by atoms with van der Waals surface area (Å²) in [5.74, 6) is 0.732. The molecule has 0 radical (unpaired) electrons. The maximum atomic E-state index is 13.3. The third kappa shape index (κ3) is 5.60. The number of guanidine groups is 1. The number of aliphatic imine (C=N–C) groups is 1. The highest BCUT2D eigenvalue weighted by Crippen LogP contribution is 2.60. The molecule has 41 heavy (non-hydrogen) atoms. The average molecular weight is 582 g/mol. The molecule has 1 N–H and O–H groups in total. The van der Waals surface area contributed by atoms with Gasteiger partial charge in [0.2, 0.25) is 5.79 Å². The van der Waals surface area contributed by atoms with Gasteiger partial charge in [-0.15, -0.1) is 0 Å². The summed E-state index contributed by atoms with van der Waals surface area (Å²) in [6.45, 7) is 8.58. The highest BCUT2D eigenvalue weighted by molar-refractivity contribution is 5.93. The monoisotopic (exact) mass is 581 g/mol. The molecule has 5 aliphatic heterocycles. The van der Waals surface area contributed by atoms with Crippen LogP contribution in [0.4, 0.5) is 18.9 Å². The summed E-state index contributed by atoms with van der Waals surface area (Å²) in [7, 11) is 0. The third-order valence-corrected chi connectivity index (χ3v) is 9.83. The van der Waals surface area contributed by atoms with Crippen LogP contribution in [0.1, 0.15) is 71.3 Å². The van der Waals surface area contributed by atoms with Gasteiger partial charge >= 0.3 is 6.18 Å². The number of nitrogens with one attached hydrogen (secondary N) is 1. The molecule has 7 rings (SSSR count). The van der Waals surface area contributed by atoms with Crippen LogP contribution in [0.25, 0.3) is 0 Å². The van der Waals surface area contributed by atoms with Crippen molar-refractivity contribution in [3.63, 3.8) is 0 Å². The molecule has 2 bridgehead atoms. The summed E-state index contributed by atoms with van der Waals surface area (Å²) >= 11 is 0. The standard InChI is InChI=1S/C30H42F3N3O5/c1-19-10-11-24-20(2)25(38-26-29(24)23(19)12-13-28(3,39-26)40-41-29)37-17-14-34-27(36-15-5-4-6-16-36)35-22-9-7-8-21(18-22)30(31,32)33/h7-9,18-20,23-26H,4-6,10-17H2,1-3H3,(H,34,35)/t19-,20-,23+,24+,25+,26-,28-,29-/m1/s1. The fraction of sp³-hybridized carbons (Fsp3) is 0.767. The lowest BCUT2D eigenvalue weighted by Crippen LogP contribution is -2.70. The lowest BCUT2D eigenvalue weighted by atomic mass is 9.58. The van der Waals surface area contributed by atoms with Crippen LogP contribution in [0, 0.1) is 23.7 Å². The number of ether oxygens (including phenoxy) is 3. The zero-order chi connectivity index (χ0) is 28.8. The summed E-state index contributed by atoms with van der Waals surface area (Å²) in [6.07, 6.45) is 1.53. The van der Waals surface area contributed by atoms with Gasteiger partial charge < -0.3 is 24.4 Å². The van der Waals surface area contributed by atoms with Gasteiger partial charge in [-0.1, -0.05) is 19.9 Å². The first kappa shape index (κ1) is 29.2. The molecule has 228 valence electrons. The Bertz CT molecular complexity index is 1120. The third-order valence-electron chi connectivity index (χ3n) is 9.83. The van der Waals surface area contributed by atoms with Crippen molar-refractivity contribution in [3.05, 3.63) is 29.8 Å². The van der Waals surface area contributed by atoms with Crippen molar-refractivity contribution in [2.24, 2.45) is 28.7 Å². The van der Waals surface area contributed by atoms with Crippen LogP contribution >= 0.6 is 0 Å². The summed E-state index contributed by atoms with van der Waals surface area (Å²) in [5, 5.41) is 3.15. The van der Waals surface area contributed by atoms with Crippen molar-refractivity contribution in [3.8, 4) is 0 Å². The Morgan fingerprint density at radius 2 is 1.90 bits per heavy atom. The molecule has 11 heteroatoms. The summed E-state index contributed by atoms with van der Waals surface area (Å²) in [4.78, 5) is 18.9. The minimum absolute atomic E-state index is 0.0599. The fourth-order valence-electron chi connectivity index (χ4n) is 7.61. The van der Waals surface area contributed by atoms with E-state index in [2.05, 4.69) is 24.1 Å². The van der Waals surface area contributed by atoms with E-state index < -0.39 is 35.7 Å². The number of alkyl halides is 3. The molecule has 1 aromatic rings. The number of fused-ring (bicyclic) bond motifs is 2. The van der Waals surface area contributed by atoms with E-state index in [4.69, 9.17) is 29.0 Å². The Balaban J connectivity index is 1.14. The molecule has 8 nitrogen and oxygen atoms in total. The lowest BCUT2D eigenvalue weighted by Gasteiger charge is -2.60. The molecule has 1 aliphatic carbocycles. The van der Waals surface area contributed by atoms with Crippen molar-refractivity contribution in [2.45, 2.75) is 95.9 Å². The SMILES string of the molecule is C[C@H]1[C@@H](OCCN=C(Nc2cccc(C(F)(F)F)c2)N2CCCCC2)O[C@@H]2O[C@@]3(C)CC[C@H]4[C@H](C)CC[C@@H]1[C@@]24OO3. The van der Waals surface area contributed by atoms with E-state index in [1.807, 2.05) is 6.92 Å². The van der Waals surface area contributed by atoms with Gasteiger partial charge in [0.15, 0.2) is 24.1 Å². The predicted octanol–water partition coefficient (Wildman–Crippen LogP) is 6.18. The molecule has 6 fully saturated rings.